The highest BCUT2D eigenvalue weighted by molar-refractivity contribution is 6.02. The minimum absolute atomic E-state index is 0.220. The van der Waals surface area contributed by atoms with E-state index in [1.807, 2.05) is 0 Å². The van der Waals surface area contributed by atoms with Crippen molar-refractivity contribution in [3.63, 3.8) is 0 Å². The first-order valence-electron chi connectivity index (χ1n) is 12.5. The van der Waals surface area contributed by atoms with Gasteiger partial charge < -0.3 is 14.6 Å². The van der Waals surface area contributed by atoms with Crippen molar-refractivity contribution in [3.8, 4) is 5.88 Å². The minimum atomic E-state index is -1.04. The Kier molecular flexibility index (Phi) is 6.51. The number of aromatic nitrogens is 4. The first-order valence-corrected chi connectivity index (χ1v) is 12.5. The Morgan fingerprint density at radius 3 is 2.64 bits per heavy atom. The lowest BCUT2D eigenvalue weighted by atomic mass is 9.78. The Balaban J connectivity index is 1.39. The molecule has 0 bridgehead atoms. The van der Waals surface area contributed by atoms with Gasteiger partial charge in [0.15, 0.2) is 0 Å². The lowest BCUT2D eigenvalue weighted by Gasteiger charge is -2.27. The van der Waals surface area contributed by atoms with Crippen LogP contribution in [0.5, 0.6) is 5.88 Å². The number of nitrogens with zero attached hydrogens (tertiary/aromatic N) is 4. The number of piperidine rings is 1. The van der Waals surface area contributed by atoms with E-state index in [0.717, 1.165) is 26.1 Å². The number of likely N-dealkylation sites (tertiary alicyclic amines) is 1. The smallest absolute Gasteiger partial charge is 0.326 e. The number of benzene rings is 1. The zero-order chi connectivity index (χ0) is 25.4. The standard InChI is InChI=1S/C27H31F2N5O2/c1-27(2,18-8-9-23(31-25(18)29)36-13-7-12-34-10-5-4-6-11-34)19-14-17-21(15-20(19)28)30-16-22-24(17)32-26(35)33(22)3/h8-9,14-16H,4-7,10-13H2,1-3H3,(H,32,35). The Labute approximate surface area is 208 Å². The Morgan fingerprint density at radius 2 is 1.89 bits per heavy atom. The number of nitrogens with one attached hydrogen (secondary N) is 1. The molecule has 0 atom stereocenters. The van der Waals surface area contributed by atoms with Crippen LogP contribution in [-0.4, -0.2) is 50.7 Å². The minimum Gasteiger partial charge on any atom is -0.478 e. The highest BCUT2D eigenvalue weighted by Gasteiger charge is 2.31. The van der Waals surface area contributed by atoms with Gasteiger partial charge in [0.2, 0.25) is 11.8 Å². The third-order valence-electron chi connectivity index (χ3n) is 7.32. The fourth-order valence-corrected chi connectivity index (χ4v) is 5.13. The lowest BCUT2D eigenvalue weighted by molar-refractivity contribution is 0.202. The molecular weight excluding hydrogens is 464 g/mol. The molecule has 5 rings (SSSR count). The summed E-state index contributed by atoms with van der Waals surface area (Å²) in [5.74, 6) is -0.981. The summed E-state index contributed by atoms with van der Waals surface area (Å²) in [6, 6.07) is 6.20. The molecule has 4 aromatic rings. The number of pyridine rings is 2. The van der Waals surface area contributed by atoms with Crippen molar-refractivity contribution in [3.05, 3.63) is 63.8 Å². The van der Waals surface area contributed by atoms with Crippen LogP contribution in [0.2, 0.25) is 0 Å². The largest absolute Gasteiger partial charge is 0.478 e. The van der Waals surface area contributed by atoms with Crippen LogP contribution in [0.3, 0.4) is 0 Å². The normalized spacial score (nSPS) is 15.1. The number of hydrogen-bond donors (Lipinski definition) is 1. The number of aromatic amines is 1. The van der Waals surface area contributed by atoms with E-state index in [0.29, 0.717) is 28.5 Å². The number of halogens is 2. The molecule has 1 aliphatic rings. The number of rotatable bonds is 7. The molecule has 0 saturated carbocycles. The Bertz CT molecular complexity index is 1470. The molecule has 1 aromatic carbocycles. The summed E-state index contributed by atoms with van der Waals surface area (Å²) < 4.78 is 37.6. The molecule has 3 aromatic heterocycles. The van der Waals surface area contributed by atoms with E-state index in [1.54, 1.807) is 39.1 Å². The van der Waals surface area contributed by atoms with Crippen LogP contribution in [0, 0.1) is 11.8 Å². The predicted octanol–water partition coefficient (Wildman–Crippen LogP) is 4.67. The number of imidazole rings is 1. The molecular formula is C27H31F2N5O2. The van der Waals surface area contributed by atoms with Crippen LogP contribution < -0.4 is 10.4 Å². The van der Waals surface area contributed by atoms with E-state index in [2.05, 4.69) is 19.9 Å². The monoisotopic (exact) mass is 495 g/mol. The maximum atomic E-state index is 15.3. The first kappa shape index (κ1) is 24.4. The summed E-state index contributed by atoms with van der Waals surface area (Å²) in [6.45, 7) is 7.18. The zero-order valence-electron chi connectivity index (χ0n) is 20.9. The quantitative estimate of drug-likeness (QED) is 0.298. The summed E-state index contributed by atoms with van der Waals surface area (Å²) >= 11 is 0. The average Bonchev–Trinajstić information content (AvgIpc) is 3.15. The van der Waals surface area contributed by atoms with Crippen molar-refractivity contribution < 1.29 is 13.5 Å². The highest BCUT2D eigenvalue weighted by atomic mass is 19.1. The summed E-state index contributed by atoms with van der Waals surface area (Å²) in [6.07, 6.45) is 6.17. The van der Waals surface area contributed by atoms with Gasteiger partial charge in [0.05, 0.1) is 29.4 Å². The van der Waals surface area contributed by atoms with E-state index in [9.17, 15) is 4.79 Å². The topological polar surface area (TPSA) is 76.0 Å². The summed E-state index contributed by atoms with van der Waals surface area (Å²) in [5.41, 5.74) is 0.792. The molecule has 0 unspecified atom stereocenters. The zero-order valence-corrected chi connectivity index (χ0v) is 20.9. The number of fused-ring (bicyclic) bond motifs is 3. The van der Waals surface area contributed by atoms with Gasteiger partial charge in [0.25, 0.3) is 0 Å². The van der Waals surface area contributed by atoms with E-state index >= 15 is 8.78 Å². The molecule has 9 heteroatoms. The number of hydrogen-bond acceptors (Lipinski definition) is 5. The van der Waals surface area contributed by atoms with Crippen LogP contribution in [0.15, 0.2) is 35.3 Å². The van der Waals surface area contributed by atoms with E-state index in [-0.39, 0.29) is 22.7 Å². The molecule has 1 saturated heterocycles. The van der Waals surface area contributed by atoms with Crippen LogP contribution >= 0.6 is 0 Å². The van der Waals surface area contributed by atoms with Gasteiger partial charge in [-0.3, -0.25) is 9.55 Å². The molecule has 190 valence electrons. The van der Waals surface area contributed by atoms with Crippen molar-refractivity contribution in [1.29, 1.82) is 0 Å². The molecule has 36 heavy (non-hydrogen) atoms. The Morgan fingerprint density at radius 1 is 1.11 bits per heavy atom. The van der Waals surface area contributed by atoms with Gasteiger partial charge in [-0.05, 0) is 50.0 Å². The van der Waals surface area contributed by atoms with Gasteiger partial charge in [0.1, 0.15) is 5.82 Å². The van der Waals surface area contributed by atoms with Crippen LogP contribution in [0.1, 0.15) is 50.7 Å². The van der Waals surface area contributed by atoms with E-state index in [4.69, 9.17) is 4.74 Å². The summed E-state index contributed by atoms with van der Waals surface area (Å²) in [7, 11) is 1.64. The van der Waals surface area contributed by atoms with E-state index in [1.165, 1.54) is 36.1 Å². The van der Waals surface area contributed by atoms with Crippen molar-refractivity contribution in [2.45, 2.75) is 44.9 Å². The van der Waals surface area contributed by atoms with Crippen molar-refractivity contribution in [1.82, 2.24) is 24.4 Å². The fraction of sp³-hybridized carbons (Fsp3) is 0.444. The molecule has 1 aliphatic heterocycles. The predicted molar refractivity (Wildman–Crippen MR) is 136 cm³/mol. The summed E-state index contributed by atoms with van der Waals surface area (Å²) in [5, 5.41) is 0.594. The molecule has 1 N–H and O–H groups in total. The molecule has 7 nitrogen and oxygen atoms in total. The lowest BCUT2D eigenvalue weighted by Crippen LogP contribution is -2.31. The molecule has 4 heterocycles. The van der Waals surface area contributed by atoms with Crippen LogP contribution in [-0.2, 0) is 12.5 Å². The molecule has 0 radical (unpaired) electrons. The van der Waals surface area contributed by atoms with Crippen LogP contribution in [0.25, 0.3) is 21.9 Å². The maximum Gasteiger partial charge on any atom is 0.326 e. The van der Waals surface area contributed by atoms with Gasteiger partial charge in [-0.1, -0.05) is 20.3 Å². The third-order valence-corrected chi connectivity index (χ3v) is 7.32. The second-order valence-electron chi connectivity index (χ2n) is 10.1. The number of aryl methyl sites for hydroxylation is 1. The Hall–Kier alpha value is -3.33. The van der Waals surface area contributed by atoms with Crippen molar-refractivity contribution in [2.24, 2.45) is 7.05 Å². The van der Waals surface area contributed by atoms with Gasteiger partial charge in [-0.25, -0.2) is 9.18 Å². The SMILES string of the molecule is Cn1c(=O)[nH]c2c3cc(C(C)(C)c4ccc(OCCCN5CCCCC5)nc4F)c(F)cc3ncc21. The molecule has 1 fully saturated rings. The van der Waals surface area contributed by atoms with Gasteiger partial charge in [0, 0.05) is 42.1 Å². The number of ether oxygens (including phenoxy) is 1. The third kappa shape index (κ3) is 4.48. The molecule has 0 aliphatic carbocycles. The second-order valence-corrected chi connectivity index (χ2v) is 10.1. The van der Waals surface area contributed by atoms with Crippen molar-refractivity contribution in [2.75, 3.05) is 26.2 Å². The second kappa shape index (κ2) is 9.61. The summed E-state index contributed by atoms with van der Waals surface area (Å²) in [4.78, 5) is 25.7. The van der Waals surface area contributed by atoms with Crippen molar-refractivity contribution >= 4 is 21.9 Å². The molecule has 0 spiro atoms. The van der Waals surface area contributed by atoms with Gasteiger partial charge in [-0.2, -0.15) is 9.37 Å². The maximum absolute atomic E-state index is 15.3. The number of H-pyrrole nitrogens is 1. The highest BCUT2D eigenvalue weighted by Crippen LogP contribution is 2.37. The van der Waals surface area contributed by atoms with Crippen LogP contribution in [0.4, 0.5) is 8.78 Å². The van der Waals surface area contributed by atoms with E-state index < -0.39 is 17.2 Å². The first-order chi connectivity index (χ1) is 17.3. The fourth-order valence-electron chi connectivity index (χ4n) is 5.13. The van der Waals surface area contributed by atoms with Gasteiger partial charge in [-0.15, -0.1) is 0 Å². The average molecular weight is 496 g/mol. The van der Waals surface area contributed by atoms with Gasteiger partial charge >= 0.3 is 5.69 Å². The molecule has 0 amide bonds.